The Hall–Kier alpha value is -1.84. The SMILES string of the molecule is CC(CC#N)N(C)C(=O)c1nc(NN)ccc1Cl. The standard InChI is InChI=1S/C11H14ClN5O/c1-7(5-6-13)17(2)11(18)10-8(12)3-4-9(15-10)16-14/h3-4,7H,5,14H2,1-2H3,(H,15,16). The van der Waals surface area contributed by atoms with E-state index in [1.54, 1.807) is 26.1 Å². The molecule has 96 valence electrons. The van der Waals surface area contributed by atoms with Crippen LogP contribution in [-0.4, -0.2) is 28.9 Å². The van der Waals surface area contributed by atoms with Gasteiger partial charge in [0.1, 0.15) is 11.5 Å². The zero-order chi connectivity index (χ0) is 13.7. The van der Waals surface area contributed by atoms with Crippen LogP contribution in [0.2, 0.25) is 5.02 Å². The predicted molar refractivity (Wildman–Crippen MR) is 68.8 cm³/mol. The average Bonchev–Trinajstić information content (AvgIpc) is 2.38. The molecular weight excluding hydrogens is 254 g/mol. The van der Waals surface area contributed by atoms with Crippen LogP contribution in [0.25, 0.3) is 0 Å². The molecule has 0 saturated carbocycles. The number of nitrogen functional groups attached to an aromatic ring is 1. The molecule has 0 fully saturated rings. The number of pyridine rings is 1. The molecule has 0 radical (unpaired) electrons. The van der Waals surface area contributed by atoms with Gasteiger partial charge >= 0.3 is 0 Å². The van der Waals surface area contributed by atoms with Crippen LogP contribution in [0.4, 0.5) is 5.82 Å². The van der Waals surface area contributed by atoms with Crippen LogP contribution in [0, 0.1) is 11.3 Å². The van der Waals surface area contributed by atoms with Crippen molar-refractivity contribution in [3.8, 4) is 6.07 Å². The van der Waals surface area contributed by atoms with Crippen molar-refractivity contribution in [1.29, 1.82) is 5.26 Å². The third-order valence-electron chi connectivity index (χ3n) is 2.56. The summed E-state index contributed by atoms with van der Waals surface area (Å²) in [5.74, 6) is 5.23. The highest BCUT2D eigenvalue weighted by atomic mass is 35.5. The lowest BCUT2D eigenvalue weighted by Gasteiger charge is -2.23. The van der Waals surface area contributed by atoms with E-state index >= 15 is 0 Å². The molecule has 1 aromatic heterocycles. The van der Waals surface area contributed by atoms with Crippen molar-refractivity contribution in [3.63, 3.8) is 0 Å². The molecular formula is C11H14ClN5O. The summed E-state index contributed by atoms with van der Waals surface area (Å²) in [5.41, 5.74) is 2.46. The molecule has 6 nitrogen and oxygen atoms in total. The highest BCUT2D eigenvalue weighted by Crippen LogP contribution is 2.18. The summed E-state index contributed by atoms with van der Waals surface area (Å²) >= 11 is 5.93. The van der Waals surface area contributed by atoms with Crippen LogP contribution < -0.4 is 11.3 Å². The van der Waals surface area contributed by atoms with Crippen LogP contribution >= 0.6 is 11.6 Å². The summed E-state index contributed by atoms with van der Waals surface area (Å²) in [6, 6.07) is 4.91. The maximum atomic E-state index is 12.2. The van der Waals surface area contributed by atoms with Crippen LogP contribution in [0.5, 0.6) is 0 Å². The maximum absolute atomic E-state index is 12.2. The van der Waals surface area contributed by atoms with E-state index in [4.69, 9.17) is 22.7 Å². The number of carbonyl (C=O) groups is 1. The third kappa shape index (κ3) is 3.09. The van der Waals surface area contributed by atoms with Gasteiger partial charge in [-0.3, -0.25) is 4.79 Å². The van der Waals surface area contributed by atoms with Gasteiger partial charge in [-0.25, -0.2) is 10.8 Å². The number of nitrogens with two attached hydrogens (primary N) is 1. The molecule has 3 N–H and O–H groups in total. The zero-order valence-corrected chi connectivity index (χ0v) is 10.9. The summed E-state index contributed by atoms with van der Waals surface area (Å²) in [4.78, 5) is 17.6. The minimum absolute atomic E-state index is 0.111. The summed E-state index contributed by atoms with van der Waals surface area (Å²) in [5, 5.41) is 8.86. The van der Waals surface area contributed by atoms with E-state index in [0.717, 1.165) is 0 Å². The molecule has 1 unspecified atom stereocenters. The van der Waals surface area contributed by atoms with E-state index in [-0.39, 0.29) is 29.1 Å². The highest BCUT2D eigenvalue weighted by Gasteiger charge is 2.21. The van der Waals surface area contributed by atoms with Gasteiger partial charge in [0.25, 0.3) is 5.91 Å². The molecule has 18 heavy (non-hydrogen) atoms. The van der Waals surface area contributed by atoms with Gasteiger partial charge in [0.2, 0.25) is 0 Å². The number of nitrogens with zero attached hydrogens (tertiary/aromatic N) is 3. The molecule has 0 spiro atoms. The Kier molecular flexibility index (Phi) is 4.89. The van der Waals surface area contributed by atoms with Gasteiger partial charge in [-0.2, -0.15) is 5.26 Å². The number of anilines is 1. The lowest BCUT2D eigenvalue weighted by Crippen LogP contribution is -2.35. The fraction of sp³-hybridized carbons (Fsp3) is 0.364. The Morgan fingerprint density at radius 2 is 2.39 bits per heavy atom. The van der Waals surface area contributed by atoms with Crippen molar-refractivity contribution >= 4 is 23.3 Å². The predicted octanol–water partition coefficient (Wildman–Crippen LogP) is 1.39. The van der Waals surface area contributed by atoms with E-state index in [0.29, 0.717) is 5.82 Å². The number of carbonyl (C=O) groups excluding carboxylic acids is 1. The zero-order valence-electron chi connectivity index (χ0n) is 10.1. The molecule has 7 heteroatoms. The number of amides is 1. The summed E-state index contributed by atoms with van der Waals surface area (Å²) in [7, 11) is 1.60. The quantitative estimate of drug-likeness (QED) is 0.635. The van der Waals surface area contributed by atoms with Crippen LogP contribution in [0.1, 0.15) is 23.8 Å². The second-order valence-corrected chi connectivity index (χ2v) is 4.21. The van der Waals surface area contributed by atoms with Crippen LogP contribution in [0.3, 0.4) is 0 Å². The molecule has 0 aromatic carbocycles. The van der Waals surface area contributed by atoms with Crippen molar-refractivity contribution in [2.75, 3.05) is 12.5 Å². The fourth-order valence-corrected chi connectivity index (χ4v) is 1.49. The van der Waals surface area contributed by atoms with Crippen molar-refractivity contribution in [2.45, 2.75) is 19.4 Å². The first-order valence-electron chi connectivity index (χ1n) is 5.28. The first kappa shape index (κ1) is 14.2. The highest BCUT2D eigenvalue weighted by molar-refractivity contribution is 6.33. The van der Waals surface area contributed by atoms with E-state index in [2.05, 4.69) is 10.4 Å². The van der Waals surface area contributed by atoms with Gasteiger partial charge in [-0.05, 0) is 19.1 Å². The molecule has 0 aliphatic rings. The molecule has 1 atom stereocenters. The molecule has 1 amide bonds. The largest absolute Gasteiger partial charge is 0.337 e. The minimum Gasteiger partial charge on any atom is -0.337 e. The number of hydrogen-bond donors (Lipinski definition) is 2. The second kappa shape index (κ2) is 6.19. The number of nitrogens with one attached hydrogen (secondary N) is 1. The van der Waals surface area contributed by atoms with Crippen LogP contribution in [-0.2, 0) is 0 Å². The van der Waals surface area contributed by atoms with Crippen molar-refractivity contribution in [3.05, 3.63) is 22.8 Å². The van der Waals surface area contributed by atoms with E-state index in [1.165, 1.54) is 4.90 Å². The van der Waals surface area contributed by atoms with Gasteiger partial charge < -0.3 is 10.3 Å². The van der Waals surface area contributed by atoms with Crippen molar-refractivity contribution in [2.24, 2.45) is 5.84 Å². The molecule has 0 aliphatic heterocycles. The topological polar surface area (TPSA) is 95.0 Å². The number of hydrogen-bond acceptors (Lipinski definition) is 5. The van der Waals surface area contributed by atoms with Gasteiger partial charge in [0, 0.05) is 13.1 Å². The number of aromatic nitrogens is 1. The summed E-state index contributed by atoms with van der Waals surface area (Å²) in [6.45, 7) is 1.78. The van der Waals surface area contributed by atoms with E-state index < -0.39 is 0 Å². The Morgan fingerprint density at radius 3 is 2.94 bits per heavy atom. The average molecular weight is 268 g/mol. The number of halogens is 1. The molecule has 1 rings (SSSR count). The third-order valence-corrected chi connectivity index (χ3v) is 2.87. The number of hydrazine groups is 1. The Morgan fingerprint density at radius 1 is 1.72 bits per heavy atom. The van der Waals surface area contributed by atoms with Gasteiger partial charge in [0.05, 0.1) is 17.5 Å². The van der Waals surface area contributed by atoms with E-state index in [9.17, 15) is 4.79 Å². The van der Waals surface area contributed by atoms with Gasteiger partial charge in [-0.1, -0.05) is 11.6 Å². The lowest BCUT2D eigenvalue weighted by molar-refractivity contribution is 0.0740. The summed E-state index contributed by atoms with van der Waals surface area (Å²) in [6.07, 6.45) is 0.245. The molecule has 0 bridgehead atoms. The first-order valence-corrected chi connectivity index (χ1v) is 5.66. The van der Waals surface area contributed by atoms with E-state index in [1.807, 2.05) is 6.07 Å². The van der Waals surface area contributed by atoms with Gasteiger partial charge in [0.15, 0.2) is 0 Å². The molecule has 0 saturated heterocycles. The van der Waals surface area contributed by atoms with Crippen LogP contribution in [0.15, 0.2) is 12.1 Å². The normalized spacial score (nSPS) is 11.5. The van der Waals surface area contributed by atoms with Crippen molar-refractivity contribution in [1.82, 2.24) is 9.88 Å². The van der Waals surface area contributed by atoms with Gasteiger partial charge in [-0.15, -0.1) is 0 Å². The molecule has 1 heterocycles. The lowest BCUT2D eigenvalue weighted by atomic mass is 10.2. The Balaban J connectivity index is 3.00. The Labute approximate surface area is 110 Å². The second-order valence-electron chi connectivity index (χ2n) is 3.80. The molecule has 0 aliphatic carbocycles. The monoisotopic (exact) mass is 267 g/mol. The summed E-state index contributed by atoms with van der Waals surface area (Å²) < 4.78 is 0. The number of rotatable bonds is 4. The number of nitriles is 1. The minimum atomic E-state index is -0.347. The maximum Gasteiger partial charge on any atom is 0.274 e. The first-order chi connectivity index (χ1) is 8.51. The fourth-order valence-electron chi connectivity index (χ4n) is 1.31. The molecule has 1 aromatic rings. The van der Waals surface area contributed by atoms with Crippen molar-refractivity contribution < 1.29 is 4.79 Å². The Bertz CT molecular complexity index is 485. The smallest absolute Gasteiger partial charge is 0.274 e.